The third kappa shape index (κ3) is 4.44. The SMILES string of the molecule is Cc1cnn(CC(=O)N2CC(C(N)=O)C3(CCN(c4ccc(C#N)c(C(F)(F)F)c4)CC3)C2)c1. The zero-order chi connectivity index (χ0) is 24.7. The number of hydrogen-bond donors (Lipinski definition) is 1. The Kier molecular flexibility index (Phi) is 6.02. The van der Waals surface area contributed by atoms with Gasteiger partial charge in [0.2, 0.25) is 11.8 Å². The standard InChI is InChI=1S/C23H25F3N6O2/c1-15-10-29-32(11-15)13-20(33)31-12-19(21(28)34)22(14-31)4-6-30(7-5-22)17-3-2-16(9-27)18(8-17)23(24,25)26/h2-3,8,10-11,19H,4-7,12-14H2,1H3,(H2,28,34). The molecule has 4 rings (SSSR count). The summed E-state index contributed by atoms with van der Waals surface area (Å²) in [5.74, 6) is -1.16. The van der Waals surface area contributed by atoms with Gasteiger partial charge in [0, 0.05) is 43.5 Å². The van der Waals surface area contributed by atoms with Gasteiger partial charge in [0.05, 0.1) is 29.3 Å². The quantitative estimate of drug-likeness (QED) is 0.732. The van der Waals surface area contributed by atoms with Crippen LogP contribution < -0.4 is 10.6 Å². The lowest BCUT2D eigenvalue weighted by atomic mass is 9.70. The van der Waals surface area contributed by atoms with Crippen molar-refractivity contribution in [3.05, 3.63) is 47.3 Å². The van der Waals surface area contributed by atoms with E-state index in [9.17, 15) is 22.8 Å². The number of carbonyl (C=O) groups is 2. The molecule has 0 saturated carbocycles. The molecule has 0 bridgehead atoms. The second-order valence-corrected chi connectivity index (χ2v) is 9.13. The molecule has 1 spiro atoms. The number of anilines is 1. The summed E-state index contributed by atoms with van der Waals surface area (Å²) in [4.78, 5) is 28.6. The highest BCUT2D eigenvalue weighted by atomic mass is 19.4. The van der Waals surface area contributed by atoms with E-state index in [1.54, 1.807) is 28.0 Å². The van der Waals surface area contributed by atoms with Crippen molar-refractivity contribution < 1.29 is 22.8 Å². The van der Waals surface area contributed by atoms with Crippen LogP contribution in [0.2, 0.25) is 0 Å². The minimum Gasteiger partial charge on any atom is -0.371 e. The maximum Gasteiger partial charge on any atom is 0.417 e. The number of alkyl halides is 3. The first-order valence-electron chi connectivity index (χ1n) is 10.9. The van der Waals surface area contributed by atoms with E-state index in [0.29, 0.717) is 38.2 Å². The van der Waals surface area contributed by atoms with Gasteiger partial charge in [0.25, 0.3) is 0 Å². The molecule has 2 aromatic rings. The Morgan fingerprint density at radius 1 is 1.29 bits per heavy atom. The Labute approximate surface area is 194 Å². The number of amides is 2. The molecule has 2 amide bonds. The van der Waals surface area contributed by atoms with E-state index >= 15 is 0 Å². The number of likely N-dealkylation sites (tertiary alicyclic amines) is 1. The summed E-state index contributed by atoms with van der Waals surface area (Å²) in [7, 11) is 0. The van der Waals surface area contributed by atoms with E-state index < -0.39 is 34.5 Å². The van der Waals surface area contributed by atoms with Crippen molar-refractivity contribution in [2.75, 3.05) is 31.1 Å². The highest BCUT2D eigenvalue weighted by Gasteiger charge is 2.51. The van der Waals surface area contributed by atoms with Crippen molar-refractivity contribution in [1.29, 1.82) is 5.26 Å². The van der Waals surface area contributed by atoms with Crippen molar-refractivity contribution in [2.45, 2.75) is 32.5 Å². The normalized spacial score (nSPS) is 19.9. The first kappa shape index (κ1) is 23.6. The number of nitrogens with two attached hydrogens (primary N) is 1. The summed E-state index contributed by atoms with van der Waals surface area (Å²) in [6, 6.07) is 5.28. The molecule has 1 unspecified atom stereocenters. The number of carbonyl (C=O) groups excluding carboxylic acids is 2. The van der Waals surface area contributed by atoms with Gasteiger partial charge in [0.1, 0.15) is 6.54 Å². The maximum absolute atomic E-state index is 13.4. The second-order valence-electron chi connectivity index (χ2n) is 9.13. The molecule has 0 aliphatic carbocycles. The summed E-state index contributed by atoms with van der Waals surface area (Å²) >= 11 is 0. The molecule has 180 valence electrons. The zero-order valence-electron chi connectivity index (χ0n) is 18.7. The average Bonchev–Trinajstić information content (AvgIpc) is 3.37. The Bertz CT molecular complexity index is 1140. The van der Waals surface area contributed by atoms with Crippen LogP contribution >= 0.6 is 0 Å². The summed E-state index contributed by atoms with van der Waals surface area (Å²) in [5.41, 5.74) is 5.11. The van der Waals surface area contributed by atoms with Gasteiger partial charge in [0.15, 0.2) is 0 Å². The van der Waals surface area contributed by atoms with Crippen LogP contribution in [0.3, 0.4) is 0 Å². The fourth-order valence-corrected chi connectivity index (χ4v) is 5.12. The van der Waals surface area contributed by atoms with Crippen LogP contribution in [0.15, 0.2) is 30.6 Å². The van der Waals surface area contributed by atoms with Crippen molar-refractivity contribution >= 4 is 17.5 Å². The van der Waals surface area contributed by atoms with Gasteiger partial charge < -0.3 is 15.5 Å². The molecule has 2 aliphatic heterocycles. The van der Waals surface area contributed by atoms with E-state index in [0.717, 1.165) is 11.6 Å². The molecule has 1 aromatic heterocycles. The van der Waals surface area contributed by atoms with Crippen LogP contribution in [-0.2, 0) is 22.3 Å². The Hall–Kier alpha value is -3.55. The monoisotopic (exact) mass is 474 g/mol. The molecular weight excluding hydrogens is 449 g/mol. The largest absolute Gasteiger partial charge is 0.417 e. The Morgan fingerprint density at radius 3 is 2.56 bits per heavy atom. The van der Waals surface area contributed by atoms with E-state index in [-0.39, 0.29) is 19.0 Å². The topological polar surface area (TPSA) is 108 Å². The molecule has 0 radical (unpaired) electrons. The van der Waals surface area contributed by atoms with Crippen LogP contribution in [0.4, 0.5) is 18.9 Å². The fourth-order valence-electron chi connectivity index (χ4n) is 5.12. The highest BCUT2D eigenvalue weighted by molar-refractivity contribution is 5.82. The summed E-state index contributed by atoms with van der Waals surface area (Å²) in [6.07, 6.45) is -0.192. The summed E-state index contributed by atoms with van der Waals surface area (Å²) in [5, 5.41) is 13.2. The first-order valence-corrected chi connectivity index (χ1v) is 10.9. The van der Waals surface area contributed by atoms with Crippen LogP contribution in [0.25, 0.3) is 0 Å². The number of benzene rings is 1. The maximum atomic E-state index is 13.4. The number of rotatable bonds is 4. The molecule has 1 atom stereocenters. The molecule has 3 heterocycles. The zero-order valence-corrected chi connectivity index (χ0v) is 18.7. The first-order chi connectivity index (χ1) is 16.0. The molecule has 2 saturated heterocycles. The van der Waals surface area contributed by atoms with Crippen LogP contribution in [-0.4, -0.2) is 52.7 Å². The van der Waals surface area contributed by atoms with Gasteiger partial charge in [-0.2, -0.15) is 23.5 Å². The molecule has 2 aliphatic rings. The number of nitriles is 1. The number of nitrogens with zero attached hydrogens (tertiary/aromatic N) is 5. The number of piperidine rings is 1. The average molecular weight is 474 g/mol. The highest BCUT2D eigenvalue weighted by Crippen LogP contribution is 2.46. The number of halogens is 3. The minimum absolute atomic E-state index is 0.0625. The fraction of sp³-hybridized carbons (Fsp3) is 0.478. The van der Waals surface area contributed by atoms with Crippen molar-refractivity contribution in [2.24, 2.45) is 17.1 Å². The summed E-state index contributed by atoms with van der Waals surface area (Å²) in [6.45, 7) is 3.35. The Morgan fingerprint density at radius 2 is 2.00 bits per heavy atom. The lowest BCUT2D eigenvalue weighted by Crippen LogP contribution is -2.47. The van der Waals surface area contributed by atoms with Crippen LogP contribution in [0.5, 0.6) is 0 Å². The third-order valence-electron chi connectivity index (χ3n) is 6.96. The predicted octanol–water partition coefficient (Wildman–Crippen LogP) is 2.31. The number of aryl methyl sites for hydroxylation is 1. The van der Waals surface area contributed by atoms with Gasteiger partial charge in [-0.15, -0.1) is 0 Å². The van der Waals surface area contributed by atoms with E-state index in [2.05, 4.69) is 5.10 Å². The van der Waals surface area contributed by atoms with E-state index in [1.165, 1.54) is 12.1 Å². The van der Waals surface area contributed by atoms with Crippen LogP contribution in [0.1, 0.15) is 29.5 Å². The predicted molar refractivity (Wildman–Crippen MR) is 116 cm³/mol. The smallest absolute Gasteiger partial charge is 0.371 e. The van der Waals surface area contributed by atoms with Crippen LogP contribution in [0, 0.1) is 29.6 Å². The second kappa shape index (κ2) is 8.66. The van der Waals surface area contributed by atoms with Crippen molar-refractivity contribution in [1.82, 2.24) is 14.7 Å². The number of primary amides is 1. The molecule has 8 nitrogen and oxygen atoms in total. The van der Waals surface area contributed by atoms with Gasteiger partial charge >= 0.3 is 6.18 Å². The van der Waals surface area contributed by atoms with Gasteiger partial charge in [-0.25, -0.2) is 0 Å². The molecule has 2 fully saturated rings. The molecule has 2 N–H and O–H groups in total. The van der Waals surface area contributed by atoms with E-state index in [1.807, 2.05) is 11.8 Å². The Balaban J connectivity index is 1.49. The van der Waals surface area contributed by atoms with Gasteiger partial charge in [-0.05, 0) is 43.5 Å². The molecule has 11 heteroatoms. The lowest BCUT2D eigenvalue weighted by Gasteiger charge is -2.42. The lowest BCUT2D eigenvalue weighted by molar-refractivity contribution is -0.137. The van der Waals surface area contributed by atoms with Gasteiger partial charge in [-0.3, -0.25) is 14.3 Å². The summed E-state index contributed by atoms with van der Waals surface area (Å²) < 4.78 is 41.7. The van der Waals surface area contributed by atoms with E-state index in [4.69, 9.17) is 11.0 Å². The molecular formula is C23H25F3N6O2. The molecule has 34 heavy (non-hydrogen) atoms. The van der Waals surface area contributed by atoms with Crippen molar-refractivity contribution in [3.8, 4) is 6.07 Å². The van der Waals surface area contributed by atoms with Gasteiger partial charge in [-0.1, -0.05) is 0 Å². The molecule has 1 aromatic carbocycles. The third-order valence-corrected chi connectivity index (χ3v) is 6.96. The number of hydrogen-bond acceptors (Lipinski definition) is 5. The number of aromatic nitrogens is 2. The van der Waals surface area contributed by atoms with Crippen molar-refractivity contribution in [3.63, 3.8) is 0 Å². The minimum atomic E-state index is -4.63.